The van der Waals surface area contributed by atoms with E-state index in [-0.39, 0.29) is 23.4 Å². The largest absolute Gasteiger partial charge is 0.494 e. The monoisotopic (exact) mass is 594 g/mol. The summed E-state index contributed by atoms with van der Waals surface area (Å²) in [6, 6.07) is 11.1. The number of hydrogen-bond donors (Lipinski definition) is 4. The smallest absolute Gasteiger partial charge is 0.414 e. The van der Waals surface area contributed by atoms with E-state index in [0.29, 0.717) is 23.9 Å². The summed E-state index contributed by atoms with van der Waals surface area (Å²) in [5.74, 6) is -6.75. The van der Waals surface area contributed by atoms with Crippen LogP contribution in [0.15, 0.2) is 46.9 Å². The average Bonchev–Trinajstić information content (AvgIpc) is 3.44. The van der Waals surface area contributed by atoms with Crippen molar-refractivity contribution in [2.75, 3.05) is 33.3 Å². The lowest BCUT2D eigenvalue weighted by atomic mass is 10.1. The molecule has 4 rings (SSSR count). The van der Waals surface area contributed by atoms with Crippen molar-refractivity contribution >= 4 is 23.9 Å². The van der Waals surface area contributed by atoms with E-state index in [1.54, 1.807) is 18.2 Å². The molecule has 1 aliphatic heterocycles. The van der Waals surface area contributed by atoms with Crippen LogP contribution >= 0.6 is 0 Å². The lowest BCUT2D eigenvalue weighted by molar-refractivity contribution is -0.159. The predicted octanol–water partition coefficient (Wildman–Crippen LogP) is 2.21. The van der Waals surface area contributed by atoms with Crippen molar-refractivity contribution in [1.29, 1.82) is 0 Å². The van der Waals surface area contributed by atoms with E-state index < -0.39 is 23.9 Å². The maximum absolute atomic E-state index is 13.9. The van der Waals surface area contributed by atoms with E-state index in [1.807, 2.05) is 13.0 Å². The molecular weight excluding hydrogens is 566 g/mol. The van der Waals surface area contributed by atoms with Crippen molar-refractivity contribution in [1.82, 2.24) is 20.0 Å². The first-order valence-electron chi connectivity index (χ1n) is 12.1. The molecule has 0 saturated carbocycles. The molecule has 1 atom stereocenters. The molecule has 0 amide bonds. The number of piperazine rings is 1. The van der Waals surface area contributed by atoms with Crippen molar-refractivity contribution in [3.63, 3.8) is 0 Å². The van der Waals surface area contributed by atoms with Gasteiger partial charge in [0.1, 0.15) is 5.82 Å². The second kappa shape index (κ2) is 15.7. The van der Waals surface area contributed by atoms with E-state index in [0.717, 1.165) is 31.7 Å². The van der Waals surface area contributed by atoms with Crippen LogP contribution in [0.2, 0.25) is 0 Å². The Morgan fingerprint density at radius 2 is 1.43 bits per heavy atom. The van der Waals surface area contributed by atoms with Crippen LogP contribution < -0.4 is 4.74 Å². The van der Waals surface area contributed by atoms with Gasteiger partial charge in [0, 0.05) is 38.3 Å². The molecule has 1 saturated heterocycles. The van der Waals surface area contributed by atoms with Crippen molar-refractivity contribution < 1.29 is 57.5 Å². The fraction of sp³-hybridized carbons (Fsp3) is 0.308. The Morgan fingerprint density at radius 3 is 1.90 bits per heavy atom. The van der Waals surface area contributed by atoms with Crippen molar-refractivity contribution in [3.8, 4) is 17.2 Å². The van der Waals surface area contributed by atoms with E-state index in [4.69, 9.17) is 48.8 Å². The number of methoxy groups -OCH3 is 1. The molecule has 226 valence electrons. The molecule has 1 unspecified atom stereocenters. The topological polar surface area (TPSA) is 204 Å². The molecule has 3 aromatic rings. The van der Waals surface area contributed by atoms with E-state index in [2.05, 4.69) is 20.0 Å². The van der Waals surface area contributed by atoms with E-state index >= 15 is 0 Å². The molecule has 0 radical (unpaired) electrons. The van der Waals surface area contributed by atoms with Gasteiger partial charge in [-0.1, -0.05) is 6.07 Å². The highest BCUT2D eigenvalue weighted by atomic mass is 19.1. The maximum atomic E-state index is 13.9. The van der Waals surface area contributed by atoms with Crippen LogP contribution in [0.5, 0.6) is 5.75 Å². The number of nitrogens with zero attached hydrogens (tertiary/aromatic N) is 4. The van der Waals surface area contributed by atoms with Crippen LogP contribution in [0.4, 0.5) is 8.78 Å². The summed E-state index contributed by atoms with van der Waals surface area (Å²) in [7, 11) is 1.46. The number of aliphatic carboxylic acids is 4. The second-order valence-corrected chi connectivity index (χ2v) is 8.63. The number of carbonyl (C=O) groups is 4. The number of ether oxygens (including phenoxy) is 1. The highest BCUT2D eigenvalue weighted by Crippen LogP contribution is 2.25. The zero-order chi connectivity index (χ0) is 31.4. The zero-order valence-corrected chi connectivity index (χ0v) is 22.4. The number of aromatic nitrogens is 2. The van der Waals surface area contributed by atoms with Gasteiger partial charge in [-0.15, -0.1) is 10.2 Å². The predicted molar refractivity (Wildman–Crippen MR) is 138 cm³/mol. The van der Waals surface area contributed by atoms with Crippen LogP contribution in [0.1, 0.15) is 24.4 Å². The summed E-state index contributed by atoms with van der Waals surface area (Å²) < 4.78 is 37.8. The van der Waals surface area contributed by atoms with Gasteiger partial charge in [-0.3, -0.25) is 9.80 Å². The molecule has 1 aliphatic rings. The fourth-order valence-electron chi connectivity index (χ4n) is 3.64. The summed E-state index contributed by atoms with van der Waals surface area (Å²) in [6.45, 7) is 6.13. The number of halogens is 2. The van der Waals surface area contributed by atoms with Gasteiger partial charge < -0.3 is 29.6 Å². The third kappa shape index (κ3) is 10.2. The Balaban J connectivity index is 0.000000434. The van der Waals surface area contributed by atoms with Crippen LogP contribution in [0, 0.1) is 11.6 Å². The minimum absolute atomic E-state index is 0.0210. The summed E-state index contributed by atoms with van der Waals surface area (Å²) in [5, 5.41) is 37.9. The third-order valence-corrected chi connectivity index (χ3v) is 5.83. The van der Waals surface area contributed by atoms with Crippen molar-refractivity contribution in [3.05, 3.63) is 65.6 Å². The lowest BCUT2D eigenvalue weighted by Gasteiger charge is -2.36. The first kappa shape index (κ1) is 33.2. The molecular formula is C26H28F2N4O10. The zero-order valence-electron chi connectivity index (χ0n) is 22.4. The van der Waals surface area contributed by atoms with Crippen molar-refractivity contribution in [2.24, 2.45) is 0 Å². The lowest BCUT2D eigenvalue weighted by Crippen LogP contribution is -2.46. The van der Waals surface area contributed by atoms with Gasteiger partial charge in [0.2, 0.25) is 11.8 Å². The molecule has 16 heteroatoms. The van der Waals surface area contributed by atoms with Crippen molar-refractivity contribution in [2.45, 2.75) is 19.5 Å². The standard InChI is InChI=1S/C22H24F2N4O2.2C2H2O4/c1-15(21-25-26-22(30-21)17-4-6-18(23)7-5-17)28-11-9-27(10-12-28)14-16-3-8-20(29-2)19(24)13-16;2*3-1(4)2(5)6/h3-8,13,15H,9-12,14H2,1-2H3;2*(H,3,4)(H,5,6). The number of benzene rings is 2. The Morgan fingerprint density at radius 1 is 0.881 bits per heavy atom. The minimum atomic E-state index is -1.82. The number of hydrogen-bond acceptors (Lipinski definition) is 10. The first-order valence-corrected chi connectivity index (χ1v) is 12.1. The summed E-state index contributed by atoms with van der Waals surface area (Å²) in [4.78, 5) is 41.0. The molecule has 4 N–H and O–H groups in total. The number of carboxylic acids is 4. The molecule has 0 bridgehead atoms. The van der Waals surface area contributed by atoms with Gasteiger partial charge in [-0.05, 0) is 48.9 Å². The molecule has 0 aliphatic carbocycles. The highest BCUT2D eigenvalue weighted by molar-refractivity contribution is 6.27. The van der Waals surface area contributed by atoms with Crippen LogP contribution in [0.3, 0.4) is 0 Å². The average molecular weight is 595 g/mol. The van der Waals surface area contributed by atoms with Gasteiger partial charge in [-0.2, -0.15) is 0 Å². The van der Waals surface area contributed by atoms with Gasteiger partial charge in [0.05, 0.1) is 13.2 Å². The number of rotatable bonds is 6. The van der Waals surface area contributed by atoms with Crippen LogP contribution in [-0.4, -0.2) is 97.6 Å². The van der Waals surface area contributed by atoms with E-state index in [1.165, 1.54) is 25.3 Å². The normalized spacial score (nSPS) is 13.9. The first-order chi connectivity index (χ1) is 19.8. The summed E-state index contributed by atoms with van der Waals surface area (Å²) in [6.07, 6.45) is 0. The van der Waals surface area contributed by atoms with Gasteiger partial charge >= 0.3 is 23.9 Å². The second-order valence-electron chi connectivity index (χ2n) is 8.63. The molecule has 2 heterocycles. The molecule has 1 fully saturated rings. The Kier molecular flexibility index (Phi) is 12.5. The minimum Gasteiger partial charge on any atom is -0.494 e. The van der Waals surface area contributed by atoms with E-state index in [9.17, 15) is 8.78 Å². The SMILES string of the molecule is COc1ccc(CN2CCN(C(C)c3nnc(-c4ccc(F)cc4)o3)CC2)cc1F.O=C(O)C(=O)O.O=C(O)C(=O)O. The molecule has 0 spiro atoms. The highest BCUT2D eigenvalue weighted by Gasteiger charge is 2.26. The molecule has 1 aromatic heterocycles. The summed E-state index contributed by atoms with van der Waals surface area (Å²) >= 11 is 0. The Bertz CT molecular complexity index is 1330. The molecule has 2 aromatic carbocycles. The quantitative estimate of drug-likeness (QED) is 0.302. The maximum Gasteiger partial charge on any atom is 0.414 e. The molecule has 14 nitrogen and oxygen atoms in total. The number of carboxylic acid groups (broad SMARTS) is 4. The van der Waals surface area contributed by atoms with Gasteiger partial charge in [-0.25, -0.2) is 28.0 Å². The van der Waals surface area contributed by atoms with Crippen LogP contribution in [0.25, 0.3) is 11.5 Å². The summed E-state index contributed by atoms with van der Waals surface area (Å²) in [5.41, 5.74) is 1.62. The van der Waals surface area contributed by atoms with Gasteiger partial charge in [0.25, 0.3) is 0 Å². The fourth-order valence-corrected chi connectivity index (χ4v) is 3.64. The Hall–Kier alpha value is -4.96. The third-order valence-electron chi connectivity index (χ3n) is 5.83. The van der Waals surface area contributed by atoms with Gasteiger partial charge in [0.15, 0.2) is 11.6 Å². The van der Waals surface area contributed by atoms with Crippen LogP contribution in [-0.2, 0) is 25.7 Å². The Labute approximate surface area is 237 Å². The molecule has 42 heavy (non-hydrogen) atoms.